The number of carbonyl (C=O) groups excluding carboxylic acids is 2. The Hall–Kier alpha value is -1.60. The number of anilines is 1. The number of hydrogen-bond donors (Lipinski definition) is 1. The molecule has 1 N–H and O–H groups in total. The molecule has 2 rings (SSSR count). The molecule has 1 aromatic carbocycles. The van der Waals surface area contributed by atoms with Crippen molar-refractivity contribution in [1.82, 2.24) is 0 Å². The maximum absolute atomic E-state index is 12.0. The number of hydrogen-bond acceptors (Lipinski definition) is 4. The van der Waals surface area contributed by atoms with Gasteiger partial charge in [0.05, 0.1) is 16.3 Å². The predicted molar refractivity (Wildman–Crippen MR) is 74.8 cm³/mol. The first-order valence-corrected chi connectivity index (χ1v) is 6.97. The molecule has 5 nitrogen and oxygen atoms in total. The Morgan fingerprint density at radius 3 is 2.47 bits per heavy atom. The molecule has 7 heteroatoms. The van der Waals surface area contributed by atoms with Crippen LogP contribution >= 0.6 is 27.7 Å². The molecule has 0 radical (unpaired) electrons. The van der Waals surface area contributed by atoms with Crippen LogP contribution in [0.4, 0.5) is 5.69 Å². The number of halogens is 1. The van der Waals surface area contributed by atoms with Gasteiger partial charge in [-0.25, -0.2) is 4.90 Å². The van der Waals surface area contributed by atoms with Crippen LogP contribution in [0.3, 0.4) is 0 Å². The van der Waals surface area contributed by atoms with E-state index in [1.165, 1.54) is 0 Å². The molecular formula is C12H8BrNO4S. The van der Waals surface area contributed by atoms with Gasteiger partial charge in [-0.2, -0.15) is 0 Å². The highest BCUT2D eigenvalue weighted by Crippen LogP contribution is 2.29. The van der Waals surface area contributed by atoms with Crippen molar-refractivity contribution in [3.8, 4) is 0 Å². The van der Waals surface area contributed by atoms with Crippen molar-refractivity contribution in [3.05, 3.63) is 39.7 Å². The van der Waals surface area contributed by atoms with E-state index >= 15 is 0 Å². The highest BCUT2D eigenvalue weighted by molar-refractivity contribution is 9.10. The maximum Gasteiger partial charge on any atom is 0.313 e. The summed E-state index contributed by atoms with van der Waals surface area (Å²) in [5, 5.41) is 8.58. The van der Waals surface area contributed by atoms with Crippen LogP contribution < -0.4 is 4.90 Å². The van der Waals surface area contributed by atoms with Crippen LogP contribution in [-0.2, 0) is 14.4 Å². The summed E-state index contributed by atoms with van der Waals surface area (Å²) in [6, 6.07) is 6.72. The van der Waals surface area contributed by atoms with Crippen LogP contribution in [0, 0.1) is 0 Å². The largest absolute Gasteiger partial charge is 0.481 e. The Morgan fingerprint density at radius 2 is 1.89 bits per heavy atom. The molecule has 1 heterocycles. The second kappa shape index (κ2) is 5.58. The van der Waals surface area contributed by atoms with Crippen molar-refractivity contribution in [2.75, 3.05) is 10.7 Å². The van der Waals surface area contributed by atoms with Gasteiger partial charge in [0.25, 0.3) is 11.8 Å². The standard InChI is InChI=1S/C12H8BrNO4S/c13-7-1-3-8(4-2-7)14-10(15)5-9(12(14)18)19-6-11(16)17/h1-5H,6H2,(H,16,17). The van der Waals surface area contributed by atoms with E-state index < -0.39 is 17.8 Å². The normalized spacial score (nSPS) is 14.8. The molecular weight excluding hydrogens is 334 g/mol. The van der Waals surface area contributed by atoms with Crippen molar-refractivity contribution in [1.29, 1.82) is 0 Å². The lowest BCUT2D eigenvalue weighted by Gasteiger charge is -2.14. The fraction of sp³-hybridized carbons (Fsp3) is 0.0833. The number of carboxylic acid groups (broad SMARTS) is 1. The minimum absolute atomic E-state index is 0.148. The van der Waals surface area contributed by atoms with Crippen LogP contribution in [0.5, 0.6) is 0 Å². The highest BCUT2D eigenvalue weighted by Gasteiger charge is 2.32. The van der Waals surface area contributed by atoms with E-state index in [0.717, 1.165) is 27.2 Å². The fourth-order valence-corrected chi connectivity index (χ4v) is 2.47. The van der Waals surface area contributed by atoms with Gasteiger partial charge in [-0.1, -0.05) is 15.9 Å². The molecule has 0 atom stereocenters. The zero-order chi connectivity index (χ0) is 14.0. The monoisotopic (exact) mass is 341 g/mol. The Bertz CT molecular complexity index is 582. The number of nitrogens with zero attached hydrogens (tertiary/aromatic N) is 1. The summed E-state index contributed by atoms with van der Waals surface area (Å²) < 4.78 is 0.837. The van der Waals surface area contributed by atoms with Gasteiger partial charge in [-0.05, 0) is 24.3 Å². The maximum atomic E-state index is 12.0. The molecule has 0 fully saturated rings. The quantitative estimate of drug-likeness (QED) is 0.848. The molecule has 0 spiro atoms. The Kier molecular flexibility index (Phi) is 4.06. The molecule has 19 heavy (non-hydrogen) atoms. The van der Waals surface area contributed by atoms with Crippen LogP contribution in [0.1, 0.15) is 0 Å². The first-order chi connectivity index (χ1) is 8.99. The number of benzene rings is 1. The number of amides is 2. The highest BCUT2D eigenvalue weighted by atomic mass is 79.9. The number of imide groups is 1. The molecule has 0 bridgehead atoms. The number of aliphatic carboxylic acids is 1. The third kappa shape index (κ3) is 3.05. The molecule has 2 amide bonds. The van der Waals surface area contributed by atoms with E-state index in [2.05, 4.69) is 15.9 Å². The zero-order valence-electron chi connectivity index (χ0n) is 9.50. The molecule has 0 aromatic heterocycles. The van der Waals surface area contributed by atoms with Crippen molar-refractivity contribution in [2.24, 2.45) is 0 Å². The second-order valence-corrected chi connectivity index (χ2v) is 5.58. The summed E-state index contributed by atoms with van der Waals surface area (Å²) in [5.74, 6) is -2.23. The summed E-state index contributed by atoms with van der Waals surface area (Å²) in [7, 11) is 0. The lowest BCUT2D eigenvalue weighted by Crippen LogP contribution is -2.30. The van der Waals surface area contributed by atoms with Gasteiger partial charge in [0, 0.05) is 10.5 Å². The summed E-state index contributed by atoms with van der Waals surface area (Å²) in [5.41, 5.74) is 0.459. The summed E-state index contributed by atoms with van der Waals surface area (Å²) in [4.78, 5) is 35.4. The first kappa shape index (κ1) is 13.8. The SMILES string of the molecule is O=C(O)CSC1=CC(=O)N(c2ccc(Br)cc2)C1=O. The van der Waals surface area contributed by atoms with E-state index in [4.69, 9.17) is 5.11 Å². The van der Waals surface area contributed by atoms with Gasteiger partial charge in [0.2, 0.25) is 0 Å². The number of rotatable bonds is 4. The average molecular weight is 342 g/mol. The Labute approximate surface area is 121 Å². The number of carbonyl (C=O) groups is 3. The van der Waals surface area contributed by atoms with Crippen molar-refractivity contribution >= 4 is 51.2 Å². The van der Waals surface area contributed by atoms with Gasteiger partial charge < -0.3 is 5.11 Å². The molecule has 0 saturated heterocycles. The zero-order valence-corrected chi connectivity index (χ0v) is 11.9. The van der Waals surface area contributed by atoms with Gasteiger partial charge in [0.15, 0.2) is 0 Å². The van der Waals surface area contributed by atoms with Crippen molar-refractivity contribution in [2.45, 2.75) is 0 Å². The Morgan fingerprint density at radius 1 is 1.26 bits per heavy atom. The van der Waals surface area contributed by atoms with Crippen molar-refractivity contribution in [3.63, 3.8) is 0 Å². The van der Waals surface area contributed by atoms with Crippen molar-refractivity contribution < 1.29 is 19.5 Å². The lowest BCUT2D eigenvalue weighted by atomic mass is 10.3. The van der Waals surface area contributed by atoms with Gasteiger partial charge in [-0.3, -0.25) is 14.4 Å². The second-order valence-electron chi connectivity index (χ2n) is 3.65. The van der Waals surface area contributed by atoms with Crippen LogP contribution in [0.25, 0.3) is 0 Å². The minimum Gasteiger partial charge on any atom is -0.481 e. The number of carboxylic acids is 1. The third-order valence-electron chi connectivity index (χ3n) is 2.32. The van der Waals surface area contributed by atoms with E-state index in [1.807, 2.05) is 0 Å². The topological polar surface area (TPSA) is 74.7 Å². The average Bonchev–Trinajstić information content (AvgIpc) is 2.63. The van der Waals surface area contributed by atoms with E-state index in [-0.39, 0.29) is 10.7 Å². The number of thioether (sulfide) groups is 1. The Balaban J connectivity index is 2.18. The molecule has 0 unspecified atom stereocenters. The fourth-order valence-electron chi connectivity index (χ4n) is 1.53. The first-order valence-electron chi connectivity index (χ1n) is 5.19. The summed E-state index contributed by atoms with van der Waals surface area (Å²) in [6.07, 6.45) is 1.16. The predicted octanol–water partition coefficient (Wildman–Crippen LogP) is 2.02. The van der Waals surface area contributed by atoms with Gasteiger partial charge >= 0.3 is 5.97 Å². The molecule has 0 saturated carbocycles. The van der Waals surface area contributed by atoms with E-state index in [0.29, 0.717) is 5.69 Å². The van der Waals surface area contributed by atoms with E-state index in [1.54, 1.807) is 24.3 Å². The van der Waals surface area contributed by atoms with Gasteiger partial charge in [-0.15, -0.1) is 11.8 Å². The minimum atomic E-state index is -1.03. The third-order valence-corrected chi connectivity index (χ3v) is 3.85. The van der Waals surface area contributed by atoms with Gasteiger partial charge in [0.1, 0.15) is 0 Å². The van der Waals surface area contributed by atoms with Crippen LogP contribution in [0.2, 0.25) is 0 Å². The van der Waals surface area contributed by atoms with E-state index in [9.17, 15) is 14.4 Å². The van der Waals surface area contributed by atoms with Crippen LogP contribution in [-0.4, -0.2) is 28.6 Å². The molecule has 0 aliphatic carbocycles. The summed E-state index contributed by atoms with van der Waals surface area (Å²) >= 11 is 4.11. The molecule has 1 aliphatic heterocycles. The lowest BCUT2D eigenvalue weighted by molar-refractivity contribution is -0.134. The molecule has 1 aliphatic rings. The molecule has 1 aromatic rings. The smallest absolute Gasteiger partial charge is 0.313 e. The molecule has 98 valence electrons. The van der Waals surface area contributed by atoms with Crippen LogP contribution in [0.15, 0.2) is 39.7 Å². The summed E-state index contributed by atoms with van der Waals surface area (Å²) in [6.45, 7) is 0.